The first-order valence-electron chi connectivity index (χ1n) is 4.63. The Bertz CT molecular complexity index is 314. The average Bonchev–Trinajstić information content (AvgIpc) is 2.65. The van der Waals surface area contributed by atoms with E-state index in [1.165, 1.54) is 0 Å². The third-order valence-corrected chi connectivity index (χ3v) is 1.96. The van der Waals surface area contributed by atoms with Gasteiger partial charge >= 0.3 is 0 Å². The van der Waals surface area contributed by atoms with Crippen LogP contribution in [-0.2, 0) is 11.4 Å². The number of benzene rings is 1. The van der Waals surface area contributed by atoms with Gasteiger partial charge in [-0.1, -0.05) is 6.07 Å². The normalized spacial score (nSPS) is 13.2. The van der Waals surface area contributed by atoms with Crippen molar-refractivity contribution in [3.8, 4) is 11.5 Å². The molecule has 1 heterocycles. The summed E-state index contributed by atoms with van der Waals surface area (Å²) >= 11 is 0. The third-order valence-electron chi connectivity index (χ3n) is 1.96. The van der Waals surface area contributed by atoms with Crippen LogP contribution in [-0.4, -0.2) is 13.4 Å². The standard InChI is InChI=1S/C10H13NO3/c1-2-14-11-6-8-3-4-9-10(5-8)13-7-12-9/h3-5,11H,2,6-7H2,1H3. The Morgan fingerprint density at radius 2 is 2.21 bits per heavy atom. The van der Waals surface area contributed by atoms with Gasteiger partial charge in [-0.3, -0.25) is 0 Å². The van der Waals surface area contributed by atoms with Crippen molar-refractivity contribution in [3.05, 3.63) is 23.8 Å². The molecule has 1 aromatic carbocycles. The molecule has 0 aromatic heterocycles. The summed E-state index contributed by atoms with van der Waals surface area (Å²) in [6.45, 7) is 3.58. The molecule has 0 radical (unpaired) electrons. The van der Waals surface area contributed by atoms with Crippen molar-refractivity contribution in [3.63, 3.8) is 0 Å². The van der Waals surface area contributed by atoms with Gasteiger partial charge in [-0.15, -0.1) is 0 Å². The Kier molecular flexibility index (Phi) is 2.86. The summed E-state index contributed by atoms with van der Waals surface area (Å²) in [4.78, 5) is 5.03. The first kappa shape index (κ1) is 9.30. The summed E-state index contributed by atoms with van der Waals surface area (Å²) in [7, 11) is 0. The lowest BCUT2D eigenvalue weighted by atomic mass is 10.2. The van der Waals surface area contributed by atoms with Crippen LogP contribution in [0.5, 0.6) is 11.5 Å². The fourth-order valence-corrected chi connectivity index (χ4v) is 1.29. The number of hydroxylamine groups is 1. The summed E-state index contributed by atoms with van der Waals surface area (Å²) in [6, 6.07) is 5.85. The molecule has 0 saturated carbocycles. The lowest BCUT2D eigenvalue weighted by Gasteiger charge is -2.04. The number of rotatable bonds is 4. The van der Waals surface area contributed by atoms with Crippen LogP contribution in [0.1, 0.15) is 12.5 Å². The maximum Gasteiger partial charge on any atom is 0.231 e. The highest BCUT2D eigenvalue weighted by Crippen LogP contribution is 2.32. The molecule has 0 fully saturated rings. The predicted molar refractivity (Wildman–Crippen MR) is 51.0 cm³/mol. The van der Waals surface area contributed by atoms with E-state index in [9.17, 15) is 0 Å². The van der Waals surface area contributed by atoms with Crippen molar-refractivity contribution in [1.29, 1.82) is 0 Å². The number of hydrogen-bond acceptors (Lipinski definition) is 4. The molecule has 0 saturated heterocycles. The zero-order valence-electron chi connectivity index (χ0n) is 8.08. The number of hydrogen-bond donors (Lipinski definition) is 1. The lowest BCUT2D eigenvalue weighted by molar-refractivity contribution is 0.0463. The van der Waals surface area contributed by atoms with Gasteiger partial charge < -0.3 is 14.3 Å². The number of ether oxygens (including phenoxy) is 2. The molecule has 4 heteroatoms. The highest BCUT2D eigenvalue weighted by molar-refractivity contribution is 5.44. The van der Waals surface area contributed by atoms with E-state index in [-0.39, 0.29) is 0 Å². The molecule has 14 heavy (non-hydrogen) atoms. The Morgan fingerprint density at radius 1 is 1.36 bits per heavy atom. The van der Waals surface area contributed by atoms with Crippen LogP contribution < -0.4 is 15.0 Å². The molecule has 0 spiro atoms. The van der Waals surface area contributed by atoms with Crippen LogP contribution in [0, 0.1) is 0 Å². The van der Waals surface area contributed by atoms with Crippen LogP contribution in [0.25, 0.3) is 0 Å². The smallest absolute Gasteiger partial charge is 0.231 e. The van der Waals surface area contributed by atoms with Crippen LogP contribution in [0.15, 0.2) is 18.2 Å². The number of fused-ring (bicyclic) bond motifs is 1. The van der Waals surface area contributed by atoms with Crippen molar-refractivity contribution in [2.24, 2.45) is 0 Å². The second-order valence-corrected chi connectivity index (χ2v) is 2.94. The quantitative estimate of drug-likeness (QED) is 0.583. The van der Waals surface area contributed by atoms with Gasteiger partial charge in [-0.25, -0.2) is 0 Å². The van der Waals surface area contributed by atoms with E-state index in [4.69, 9.17) is 14.3 Å². The maximum absolute atomic E-state index is 5.25. The van der Waals surface area contributed by atoms with Gasteiger partial charge in [0.25, 0.3) is 0 Å². The zero-order valence-corrected chi connectivity index (χ0v) is 8.08. The van der Waals surface area contributed by atoms with Crippen molar-refractivity contribution in [2.75, 3.05) is 13.4 Å². The molecule has 0 aliphatic carbocycles. The molecule has 0 amide bonds. The first-order chi connectivity index (χ1) is 6.90. The van der Waals surface area contributed by atoms with Gasteiger partial charge in [-0.2, -0.15) is 5.48 Å². The highest BCUT2D eigenvalue weighted by atomic mass is 16.7. The molecular weight excluding hydrogens is 182 g/mol. The monoisotopic (exact) mass is 195 g/mol. The highest BCUT2D eigenvalue weighted by Gasteiger charge is 2.12. The molecule has 1 N–H and O–H groups in total. The molecule has 1 aliphatic rings. The van der Waals surface area contributed by atoms with E-state index >= 15 is 0 Å². The van der Waals surface area contributed by atoms with Crippen LogP contribution in [0.3, 0.4) is 0 Å². The Morgan fingerprint density at radius 3 is 3.07 bits per heavy atom. The fourth-order valence-electron chi connectivity index (χ4n) is 1.29. The summed E-state index contributed by atoms with van der Waals surface area (Å²) in [5.74, 6) is 1.62. The van der Waals surface area contributed by atoms with E-state index in [0.717, 1.165) is 17.1 Å². The van der Waals surface area contributed by atoms with Crippen LogP contribution >= 0.6 is 0 Å². The lowest BCUT2D eigenvalue weighted by Crippen LogP contribution is -2.13. The third kappa shape index (κ3) is 1.97. The van der Waals surface area contributed by atoms with Crippen molar-refractivity contribution in [2.45, 2.75) is 13.5 Å². The average molecular weight is 195 g/mol. The Labute approximate surface area is 82.7 Å². The first-order valence-corrected chi connectivity index (χ1v) is 4.63. The largest absolute Gasteiger partial charge is 0.454 e. The zero-order chi connectivity index (χ0) is 9.80. The minimum atomic E-state index is 0.317. The van der Waals surface area contributed by atoms with E-state index in [2.05, 4.69) is 5.48 Å². The molecule has 76 valence electrons. The number of nitrogens with one attached hydrogen (secondary N) is 1. The molecule has 4 nitrogen and oxygen atoms in total. The van der Waals surface area contributed by atoms with E-state index < -0.39 is 0 Å². The Balaban J connectivity index is 1.98. The SMILES string of the molecule is CCONCc1ccc2c(c1)OCO2. The molecule has 1 aliphatic heterocycles. The van der Waals surface area contributed by atoms with Gasteiger partial charge in [0.2, 0.25) is 6.79 Å². The van der Waals surface area contributed by atoms with Gasteiger partial charge in [0, 0.05) is 6.54 Å². The second-order valence-electron chi connectivity index (χ2n) is 2.94. The molecule has 0 unspecified atom stereocenters. The summed E-state index contributed by atoms with van der Waals surface area (Å²) in [5.41, 5.74) is 3.96. The molecule has 0 atom stereocenters. The van der Waals surface area contributed by atoms with Crippen LogP contribution in [0.2, 0.25) is 0 Å². The van der Waals surface area contributed by atoms with E-state index in [0.29, 0.717) is 19.9 Å². The molecule has 2 rings (SSSR count). The minimum Gasteiger partial charge on any atom is -0.454 e. The molecule has 1 aromatic rings. The second kappa shape index (κ2) is 4.30. The van der Waals surface area contributed by atoms with Crippen molar-refractivity contribution in [1.82, 2.24) is 5.48 Å². The van der Waals surface area contributed by atoms with Gasteiger partial charge in [-0.05, 0) is 24.6 Å². The van der Waals surface area contributed by atoms with Crippen LogP contribution in [0.4, 0.5) is 0 Å². The predicted octanol–water partition coefficient (Wildman–Crippen LogP) is 1.46. The summed E-state index contributed by atoms with van der Waals surface area (Å²) in [5, 5.41) is 0. The minimum absolute atomic E-state index is 0.317. The van der Waals surface area contributed by atoms with E-state index in [1.807, 2.05) is 25.1 Å². The Hall–Kier alpha value is -1.26. The van der Waals surface area contributed by atoms with Gasteiger partial charge in [0.15, 0.2) is 11.5 Å². The topological polar surface area (TPSA) is 39.7 Å². The summed E-state index contributed by atoms with van der Waals surface area (Å²) < 4.78 is 10.5. The fraction of sp³-hybridized carbons (Fsp3) is 0.400. The van der Waals surface area contributed by atoms with Gasteiger partial charge in [0.05, 0.1) is 6.61 Å². The van der Waals surface area contributed by atoms with Crippen molar-refractivity contribution >= 4 is 0 Å². The maximum atomic E-state index is 5.25. The van der Waals surface area contributed by atoms with Crippen molar-refractivity contribution < 1.29 is 14.3 Å². The van der Waals surface area contributed by atoms with Gasteiger partial charge in [0.1, 0.15) is 0 Å². The summed E-state index contributed by atoms with van der Waals surface area (Å²) in [6.07, 6.45) is 0. The molecular formula is C10H13NO3. The van der Waals surface area contributed by atoms with E-state index in [1.54, 1.807) is 0 Å². The molecule has 0 bridgehead atoms.